The standard InChI is InChI=1S/C15H14N6O.2ClH/c16-14(17)20-7-1-3-9-10-4-2-8(21-15(18)19)6-12(10)13(22)11(9)5-7;;/h1-6H,(H4,16,17,20)(H4,18,19,21);2*1H. The first-order valence-electron chi connectivity index (χ1n) is 6.48. The van der Waals surface area contributed by atoms with Crippen molar-refractivity contribution in [2.24, 2.45) is 32.9 Å². The molecule has 0 atom stereocenters. The summed E-state index contributed by atoms with van der Waals surface area (Å²) in [6.45, 7) is 0. The van der Waals surface area contributed by atoms with Gasteiger partial charge in [0.2, 0.25) is 0 Å². The molecule has 0 radical (unpaired) electrons. The molecule has 0 spiro atoms. The lowest BCUT2D eigenvalue weighted by Crippen LogP contribution is -2.21. The topological polar surface area (TPSA) is 146 Å². The Labute approximate surface area is 150 Å². The molecule has 0 heterocycles. The van der Waals surface area contributed by atoms with E-state index in [9.17, 15) is 4.79 Å². The Morgan fingerprint density at radius 1 is 0.667 bits per heavy atom. The van der Waals surface area contributed by atoms with E-state index in [4.69, 9.17) is 22.9 Å². The number of hydrogen-bond acceptors (Lipinski definition) is 3. The van der Waals surface area contributed by atoms with Gasteiger partial charge in [-0.2, -0.15) is 0 Å². The minimum atomic E-state index is -0.106. The first-order valence-corrected chi connectivity index (χ1v) is 6.48. The number of ketones is 1. The first-order chi connectivity index (χ1) is 10.5. The van der Waals surface area contributed by atoms with E-state index in [1.165, 1.54) is 0 Å². The van der Waals surface area contributed by atoms with Crippen LogP contribution in [0.5, 0.6) is 0 Å². The number of fused-ring (bicyclic) bond motifs is 3. The molecule has 0 fully saturated rings. The van der Waals surface area contributed by atoms with E-state index < -0.39 is 0 Å². The average molecular weight is 367 g/mol. The van der Waals surface area contributed by atoms with Gasteiger partial charge in [0.25, 0.3) is 0 Å². The lowest BCUT2D eigenvalue weighted by Gasteiger charge is -2.02. The summed E-state index contributed by atoms with van der Waals surface area (Å²) in [6.07, 6.45) is 0. The van der Waals surface area contributed by atoms with Gasteiger partial charge in [-0.05, 0) is 35.4 Å². The second-order valence-electron chi connectivity index (χ2n) is 4.86. The molecule has 1 aliphatic rings. The molecule has 24 heavy (non-hydrogen) atoms. The summed E-state index contributed by atoms with van der Waals surface area (Å²) >= 11 is 0. The summed E-state index contributed by atoms with van der Waals surface area (Å²) in [7, 11) is 0. The third-order valence-electron chi connectivity index (χ3n) is 3.30. The summed E-state index contributed by atoms with van der Waals surface area (Å²) in [6, 6.07) is 10.5. The van der Waals surface area contributed by atoms with Crippen molar-refractivity contribution in [1.82, 2.24) is 0 Å². The second-order valence-corrected chi connectivity index (χ2v) is 4.86. The highest BCUT2D eigenvalue weighted by Crippen LogP contribution is 2.39. The van der Waals surface area contributed by atoms with E-state index in [2.05, 4.69) is 9.98 Å². The zero-order valence-corrected chi connectivity index (χ0v) is 14.0. The highest BCUT2D eigenvalue weighted by atomic mass is 35.5. The molecule has 8 N–H and O–H groups in total. The molecule has 0 unspecified atom stereocenters. The number of hydrogen-bond donors (Lipinski definition) is 4. The molecule has 9 heteroatoms. The van der Waals surface area contributed by atoms with Crippen LogP contribution in [0.1, 0.15) is 15.9 Å². The fraction of sp³-hybridized carbons (Fsp3) is 0. The zero-order chi connectivity index (χ0) is 15.9. The lowest BCUT2D eigenvalue weighted by atomic mass is 10.1. The van der Waals surface area contributed by atoms with Crippen LogP contribution in [0.2, 0.25) is 0 Å². The van der Waals surface area contributed by atoms with Crippen LogP contribution in [-0.4, -0.2) is 17.7 Å². The van der Waals surface area contributed by atoms with Crippen LogP contribution in [0.4, 0.5) is 11.4 Å². The van der Waals surface area contributed by atoms with Gasteiger partial charge in [-0.1, -0.05) is 12.1 Å². The van der Waals surface area contributed by atoms with Crippen molar-refractivity contribution >= 4 is 53.9 Å². The van der Waals surface area contributed by atoms with E-state index in [0.29, 0.717) is 22.5 Å². The first kappa shape index (κ1) is 19.3. The maximum Gasteiger partial charge on any atom is 0.194 e. The van der Waals surface area contributed by atoms with Crippen LogP contribution in [0.3, 0.4) is 0 Å². The molecular formula is C15H16Cl2N6O. The third-order valence-corrected chi connectivity index (χ3v) is 3.30. The summed E-state index contributed by atoms with van der Waals surface area (Å²) in [5.41, 5.74) is 25.3. The van der Waals surface area contributed by atoms with Gasteiger partial charge >= 0.3 is 0 Å². The Morgan fingerprint density at radius 3 is 1.38 bits per heavy atom. The fourth-order valence-electron chi connectivity index (χ4n) is 2.49. The molecule has 7 nitrogen and oxygen atoms in total. The molecule has 2 aromatic carbocycles. The van der Waals surface area contributed by atoms with E-state index in [1.54, 1.807) is 24.3 Å². The molecule has 0 saturated carbocycles. The molecular weight excluding hydrogens is 351 g/mol. The van der Waals surface area contributed by atoms with Crippen molar-refractivity contribution < 1.29 is 4.79 Å². The van der Waals surface area contributed by atoms with Crippen LogP contribution in [0.25, 0.3) is 11.1 Å². The fourth-order valence-corrected chi connectivity index (χ4v) is 2.49. The Bertz CT molecular complexity index is 786. The minimum Gasteiger partial charge on any atom is -0.370 e. The Hall–Kier alpha value is -2.77. The largest absolute Gasteiger partial charge is 0.370 e. The summed E-state index contributed by atoms with van der Waals surface area (Å²) < 4.78 is 0. The van der Waals surface area contributed by atoms with Gasteiger partial charge in [0.1, 0.15) is 0 Å². The summed E-state index contributed by atoms with van der Waals surface area (Å²) in [4.78, 5) is 20.5. The van der Waals surface area contributed by atoms with E-state index in [0.717, 1.165) is 11.1 Å². The van der Waals surface area contributed by atoms with Gasteiger partial charge in [-0.3, -0.25) is 4.79 Å². The Balaban J connectivity index is 0.00000144. The van der Waals surface area contributed by atoms with Crippen LogP contribution in [0.15, 0.2) is 46.4 Å². The number of nitrogens with two attached hydrogens (primary N) is 4. The van der Waals surface area contributed by atoms with Crippen molar-refractivity contribution in [3.05, 3.63) is 47.5 Å². The van der Waals surface area contributed by atoms with E-state index >= 15 is 0 Å². The number of rotatable bonds is 2. The minimum absolute atomic E-state index is 0. The number of halogens is 2. The van der Waals surface area contributed by atoms with Gasteiger partial charge in [-0.25, -0.2) is 9.98 Å². The van der Waals surface area contributed by atoms with Gasteiger partial charge in [0, 0.05) is 11.1 Å². The van der Waals surface area contributed by atoms with Gasteiger partial charge in [0.05, 0.1) is 11.4 Å². The molecule has 2 aromatic rings. The number of carbonyl (C=O) groups excluding carboxylic acids is 1. The number of benzene rings is 2. The molecule has 0 aliphatic heterocycles. The van der Waals surface area contributed by atoms with Crippen LogP contribution < -0.4 is 22.9 Å². The molecule has 1 aliphatic carbocycles. The number of guanidine groups is 2. The molecule has 126 valence electrons. The van der Waals surface area contributed by atoms with Gasteiger partial charge in [0.15, 0.2) is 17.7 Å². The monoisotopic (exact) mass is 366 g/mol. The highest BCUT2D eigenvalue weighted by Gasteiger charge is 2.27. The SMILES string of the molecule is Cl.Cl.NC(N)=Nc1ccc2c(c1)C(=O)c1cc(N=C(N)N)ccc1-2. The highest BCUT2D eigenvalue weighted by molar-refractivity contribution is 6.22. The second kappa shape index (κ2) is 7.20. The van der Waals surface area contributed by atoms with Crippen molar-refractivity contribution in [2.75, 3.05) is 0 Å². The quantitative estimate of drug-likeness (QED) is 0.401. The van der Waals surface area contributed by atoms with Crippen molar-refractivity contribution in [3.8, 4) is 11.1 Å². The zero-order valence-electron chi connectivity index (χ0n) is 12.4. The predicted octanol–water partition coefficient (Wildman–Crippen LogP) is 1.55. The predicted molar refractivity (Wildman–Crippen MR) is 101 cm³/mol. The Morgan fingerprint density at radius 2 is 1.04 bits per heavy atom. The normalized spacial score (nSPS) is 10.6. The molecule has 0 aromatic heterocycles. The maximum absolute atomic E-state index is 12.5. The van der Waals surface area contributed by atoms with Crippen LogP contribution in [0, 0.1) is 0 Å². The Kier molecular flexibility index (Phi) is 5.78. The number of nitrogens with zero attached hydrogens (tertiary/aromatic N) is 2. The van der Waals surface area contributed by atoms with Gasteiger partial charge < -0.3 is 22.9 Å². The lowest BCUT2D eigenvalue weighted by molar-refractivity contribution is 0.104. The number of carbonyl (C=O) groups is 1. The average Bonchev–Trinajstić information content (AvgIpc) is 2.71. The third kappa shape index (κ3) is 3.42. The number of aliphatic imine (C=N–C) groups is 2. The van der Waals surface area contributed by atoms with Crippen molar-refractivity contribution in [1.29, 1.82) is 0 Å². The van der Waals surface area contributed by atoms with Crippen LogP contribution >= 0.6 is 24.8 Å². The van der Waals surface area contributed by atoms with Crippen molar-refractivity contribution in [3.63, 3.8) is 0 Å². The van der Waals surface area contributed by atoms with Crippen molar-refractivity contribution in [2.45, 2.75) is 0 Å². The van der Waals surface area contributed by atoms with E-state index in [-0.39, 0.29) is 42.5 Å². The molecule has 0 saturated heterocycles. The van der Waals surface area contributed by atoms with Gasteiger partial charge in [-0.15, -0.1) is 24.8 Å². The molecule has 3 rings (SSSR count). The summed E-state index contributed by atoms with van der Waals surface area (Å²) in [5, 5.41) is 0. The molecule has 0 amide bonds. The maximum atomic E-state index is 12.5. The van der Waals surface area contributed by atoms with Crippen LogP contribution in [-0.2, 0) is 0 Å². The summed E-state index contributed by atoms with van der Waals surface area (Å²) in [5.74, 6) is -0.221. The smallest absolute Gasteiger partial charge is 0.194 e. The van der Waals surface area contributed by atoms with E-state index in [1.807, 2.05) is 12.1 Å². The molecule has 0 bridgehead atoms.